The number of methoxy groups -OCH3 is 2. The van der Waals surface area contributed by atoms with Crippen LogP contribution in [0.15, 0.2) is 24.3 Å². The molecule has 0 unspecified atom stereocenters. The Hall–Kier alpha value is -1.20. The zero-order valence-corrected chi connectivity index (χ0v) is 14.2. The molecule has 0 spiro atoms. The van der Waals surface area contributed by atoms with E-state index in [9.17, 15) is 4.79 Å². The number of rotatable bonds is 8. The van der Waals surface area contributed by atoms with Gasteiger partial charge in [0.15, 0.2) is 0 Å². The molecule has 1 aliphatic rings. The van der Waals surface area contributed by atoms with Crippen LogP contribution in [0.5, 0.6) is 5.75 Å². The molecule has 0 aliphatic heterocycles. The van der Waals surface area contributed by atoms with Crippen LogP contribution in [0.2, 0.25) is 0 Å². The summed E-state index contributed by atoms with van der Waals surface area (Å²) in [4.78, 5) is 12.0. The fourth-order valence-corrected chi connectivity index (χ4v) is 3.84. The maximum atomic E-state index is 12.0. The third-order valence-corrected chi connectivity index (χ3v) is 5.36. The van der Waals surface area contributed by atoms with E-state index < -0.39 is 0 Å². The molecule has 1 N–H and O–H groups in total. The second-order valence-electron chi connectivity index (χ2n) is 5.52. The van der Waals surface area contributed by atoms with Gasteiger partial charge in [0.1, 0.15) is 5.75 Å². The van der Waals surface area contributed by atoms with Crippen molar-refractivity contribution in [2.75, 3.05) is 26.5 Å². The van der Waals surface area contributed by atoms with Crippen molar-refractivity contribution in [3.63, 3.8) is 0 Å². The highest BCUT2D eigenvalue weighted by molar-refractivity contribution is 8.00. The van der Waals surface area contributed by atoms with Crippen LogP contribution in [0, 0.1) is 0 Å². The third kappa shape index (κ3) is 5.21. The summed E-state index contributed by atoms with van der Waals surface area (Å²) in [6.07, 6.45) is 4.96. The quantitative estimate of drug-likeness (QED) is 0.798. The molecule has 1 fully saturated rings. The summed E-state index contributed by atoms with van der Waals surface area (Å²) in [6, 6.07) is 7.74. The van der Waals surface area contributed by atoms with E-state index in [-0.39, 0.29) is 12.0 Å². The largest absolute Gasteiger partial charge is 0.497 e. The van der Waals surface area contributed by atoms with Crippen LogP contribution in [-0.4, -0.2) is 37.7 Å². The molecule has 1 aromatic carbocycles. The number of carbonyl (C=O) groups is 1. The first-order valence-corrected chi connectivity index (χ1v) is 8.83. The molecule has 1 aromatic rings. The van der Waals surface area contributed by atoms with Gasteiger partial charge in [0, 0.05) is 18.9 Å². The van der Waals surface area contributed by atoms with Crippen molar-refractivity contribution in [1.29, 1.82) is 0 Å². The highest BCUT2D eigenvalue weighted by atomic mass is 32.2. The highest BCUT2D eigenvalue weighted by Crippen LogP contribution is 2.29. The Morgan fingerprint density at radius 3 is 2.82 bits per heavy atom. The van der Waals surface area contributed by atoms with Crippen molar-refractivity contribution in [1.82, 2.24) is 5.32 Å². The van der Waals surface area contributed by atoms with Crippen LogP contribution < -0.4 is 10.1 Å². The van der Waals surface area contributed by atoms with Gasteiger partial charge in [-0.1, -0.05) is 25.0 Å². The van der Waals surface area contributed by atoms with Crippen LogP contribution in [0.25, 0.3) is 0 Å². The predicted molar refractivity (Wildman–Crippen MR) is 90.5 cm³/mol. The molecule has 0 heterocycles. The fourth-order valence-electron chi connectivity index (χ4n) is 2.69. The lowest BCUT2D eigenvalue weighted by molar-refractivity contribution is -0.119. The summed E-state index contributed by atoms with van der Waals surface area (Å²) in [5, 5.41) is 3.64. The van der Waals surface area contributed by atoms with Crippen molar-refractivity contribution in [2.45, 2.75) is 37.0 Å². The summed E-state index contributed by atoms with van der Waals surface area (Å²) < 4.78 is 10.7. The molecule has 1 atom stereocenters. The lowest BCUT2D eigenvalue weighted by atomic mass is 10.1. The molecule has 0 saturated heterocycles. The zero-order valence-electron chi connectivity index (χ0n) is 13.3. The van der Waals surface area contributed by atoms with Gasteiger partial charge in [-0.3, -0.25) is 4.79 Å². The van der Waals surface area contributed by atoms with E-state index in [4.69, 9.17) is 9.47 Å². The predicted octanol–water partition coefficient (Wildman–Crippen LogP) is 3.17. The minimum atomic E-state index is -0.157. The number of benzene rings is 1. The monoisotopic (exact) mass is 323 g/mol. The molecule has 0 aromatic heterocycles. The van der Waals surface area contributed by atoms with Gasteiger partial charge < -0.3 is 14.8 Å². The maximum Gasteiger partial charge on any atom is 0.230 e. The molecular formula is C17H25NO3S. The molecule has 5 heteroatoms. The van der Waals surface area contributed by atoms with Crippen LogP contribution in [0.4, 0.5) is 0 Å². The Morgan fingerprint density at radius 2 is 2.14 bits per heavy atom. The van der Waals surface area contributed by atoms with Crippen molar-refractivity contribution in [3.8, 4) is 5.75 Å². The van der Waals surface area contributed by atoms with Crippen molar-refractivity contribution in [3.05, 3.63) is 29.8 Å². The molecular weight excluding hydrogens is 298 g/mol. The van der Waals surface area contributed by atoms with Gasteiger partial charge in [0.05, 0.1) is 19.0 Å². The summed E-state index contributed by atoms with van der Waals surface area (Å²) in [6.45, 7) is 0.480. The Bertz CT molecular complexity index is 475. The van der Waals surface area contributed by atoms with Crippen molar-refractivity contribution >= 4 is 17.7 Å². The summed E-state index contributed by atoms with van der Waals surface area (Å²) >= 11 is 1.78. The number of amides is 1. The van der Waals surface area contributed by atoms with Gasteiger partial charge in [-0.15, -0.1) is 11.8 Å². The molecule has 122 valence electrons. The van der Waals surface area contributed by atoms with Crippen LogP contribution in [0.3, 0.4) is 0 Å². The maximum absolute atomic E-state index is 12.0. The van der Waals surface area contributed by atoms with Crippen LogP contribution in [0.1, 0.15) is 37.4 Å². The average molecular weight is 323 g/mol. The van der Waals surface area contributed by atoms with E-state index in [0.717, 1.165) is 11.3 Å². The molecule has 0 bridgehead atoms. The van der Waals surface area contributed by atoms with Gasteiger partial charge in [0.25, 0.3) is 0 Å². The first-order chi connectivity index (χ1) is 10.7. The second kappa shape index (κ2) is 9.06. The molecule has 2 rings (SSSR count). The summed E-state index contributed by atoms with van der Waals surface area (Å²) in [7, 11) is 3.30. The van der Waals surface area contributed by atoms with Gasteiger partial charge in [-0.2, -0.15) is 0 Å². The highest BCUT2D eigenvalue weighted by Gasteiger charge is 2.17. The van der Waals surface area contributed by atoms with E-state index in [2.05, 4.69) is 5.32 Å². The Kier molecular flexibility index (Phi) is 7.06. The first-order valence-electron chi connectivity index (χ1n) is 7.78. The third-order valence-electron chi connectivity index (χ3n) is 3.99. The lowest BCUT2D eigenvalue weighted by Gasteiger charge is -2.17. The topological polar surface area (TPSA) is 47.6 Å². The van der Waals surface area contributed by atoms with E-state index in [1.165, 1.54) is 25.7 Å². The molecule has 1 amide bonds. The number of hydrogen-bond donors (Lipinski definition) is 1. The number of ether oxygens (including phenoxy) is 2. The molecule has 1 saturated carbocycles. The summed E-state index contributed by atoms with van der Waals surface area (Å²) in [5.41, 5.74) is 1.01. The van der Waals surface area contributed by atoms with Crippen molar-refractivity contribution in [2.24, 2.45) is 0 Å². The number of thioether (sulfide) groups is 1. The first kappa shape index (κ1) is 17.2. The van der Waals surface area contributed by atoms with E-state index in [1.807, 2.05) is 24.3 Å². The molecule has 0 radical (unpaired) electrons. The molecule has 22 heavy (non-hydrogen) atoms. The van der Waals surface area contributed by atoms with Gasteiger partial charge in [0.2, 0.25) is 5.91 Å². The Morgan fingerprint density at radius 1 is 1.36 bits per heavy atom. The normalized spacial score (nSPS) is 16.5. The smallest absolute Gasteiger partial charge is 0.230 e. The number of carbonyl (C=O) groups excluding carboxylic acids is 1. The number of nitrogens with one attached hydrogen (secondary N) is 1. The van der Waals surface area contributed by atoms with Gasteiger partial charge in [-0.05, 0) is 30.5 Å². The zero-order chi connectivity index (χ0) is 15.8. The van der Waals surface area contributed by atoms with E-state index in [0.29, 0.717) is 17.5 Å². The Labute approximate surface area is 137 Å². The number of hydrogen-bond acceptors (Lipinski definition) is 4. The lowest BCUT2D eigenvalue weighted by Crippen LogP contribution is -2.30. The second-order valence-corrected chi connectivity index (χ2v) is 6.81. The van der Waals surface area contributed by atoms with Gasteiger partial charge >= 0.3 is 0 Å². The van der Waals surface area contributed by atoms with E-state index in [1.54, 1.807) is 26.0 Å². The van der Waals surface area contributed by atoms with Crippen LogP contribution >= 0.6 is 11.8 Å². The van der Waals surface area contributed by atoms with Gasteiger partial charge in [-0.25, -0.2) is 0 Å². The average Bonchev–Trinajstić information content (AvgIpc) is 3.07. The Balaban J connectivity index is 1.78. The SMILES string of the molecule is COc1cccc([C@H](CNC(=O)CSC2CCCC2)OC)c1. The molecule has 1 aliphatic carbocycles. The molecule has 4 nitrogen and oxygen atoms in total. The van der Waals surface area contributed by atoms with Crippen molar-refractivity contribution < 1.29 is 14.3 Å². The standard InChI is InChI=1S/C17H25NO3S/c1-20-14-7-5-6-13(10-14)16(21-2)11-18-17(19)12-22-15-8-3-4-9-15/h5-7,10,15-16H,3-4,8-9,11-12H2,1-2H3,(H,18,19)/t16-/m0/s1. The minimum absolute atomic E-state index is 0.0850. The van der Waals surface area contributed by atoms with E-state index >= 15 is 0 Å². The van der Waals surface area contributed by atoms with Crippen LogP contribution in [-0.2, 0) is 9.53 Å². The minimum Gasteiger partial charge on any atom is -0.497 e. The summed E-state index contributed by atoms with van der Waals surface area (Å²) in [5.74, 6) is 1.42. The fraction of sp³-hybridized carbons (Fsp3) is 0.588.